The van der Waals surface area contributed by atoms with E-state index < -0.39 is 18.5 Å². The van der Waals surface area contributed by atoms with Gasteiger partial charge in [0.05, 0.1) is 27.5 Å². The maximum absolute atomic E-state index is 12.9. The molecule has 4 rings (SSSR count). The van der Waals surface area contributed by atoms with Crippen molar-refractivity contribution >= 4 is 63.3 Å². The number of hydrogen-bond donors (Lipinski definition) is 1. The zero-order valence-electron chi connectivity index (χ0n) is 16.4. The minimum absolute atomic E-state index is 0.300. The summed E-state index contributed by atoms with van der Waals surface area (Å²) in [4.78, 5) is 29.8. The molecule has 0 aliphatic rings. The summed E-state index contributed by atoms with van der Waals surface area (Å²) in [6.45, 7) is -0.491. The van der Waals surface area contributed by atoms with Crippen molar-refractivity contribution in [1.29, 1.82) is 0 Å². The van der Waals surface area contributed by atoms with E-state index in [9.17, 15) is 9.59 Å². The quantitative estimate of drug-likeness (QED) is 0.321. The standard InChI is InChI=1S/C24H15Cl3N2O3/c25-15-7-5-14(6-8-15)21-12-18(17-3-1-2-4-20(17)28-21)24(31)32-13-23(30)29-22-11-16(26)9-10-19(22)27/h1-12H,13H2,(H,29,30). The molecule has 0 unspecified atom stereocenters. The molecule has 32 heavy (non-hydrogen) atoms. The van der Waals surface area contributed by atoms with Crippen LogP contribution < -0.4 is 5.32 Å². The second-order valence-corrected chi connectivity index (χ2v) is 8.11. The van der Waals surface area contributed by atoms with E-state index in [1.165, 1.54) is 6.07 Å². The van der Waals surface area contributed by atoms with Gasteiger partial charge in [-0.15, -0.1) is 0 Å². The number of para-hydroxylation sites is 1. The van der Waals surface area contributed by atoms with Crippen LogP contribution in [0.25, 0.3) is 22.2 Å². The van der Waals surface area contributed by atoms with Gasteiger partial charge in [0.2, 0.25) is 0 Å². The first-order valence-corrected chi connectivity index (χ1v) is 10.6. The molecule has 8 heteroatoms. The molecule has 0 aliphatic heterocycles. The van der Waals surface area contributed by atoms with Crippen molar-refractivity contribution in [2.24, 2.45) is 0 Å². The van der Waals surface area contributed by atoms with E-state index in [1.807, 2.05) is 18.2 Å². The predicted octanol–water partition coefficient (Wildman–Crippen LogP) is 6.66. The molecule has 3 aromatic carbocycles. The van der Waals surface area contributed by atoms with Gasteiger partial charge in [-0.25, -0.2) is 9.78 Å². The molecule has 160 valence electrons. The number of rotatable bonds is 5. The van der Waals surface area contributed by atoms with Crippen LogP contribution in [0.1, 0.15) is 10.4 Å². The number of carbonyl (C=O) groups excluding carboxylic acids is 2. The van der Waals surface area contributed by atoms with Crippen LogP contribution in [0.15, 0.2) is 72.8 Å². The third-order valence-electron chi connectivity index (χ3n) is 4.61. The number of pyridine rings is 1. The SMILES string of the molecule is O=C(COC(=O)c1cc(-c2ccc(Cl)cc2)nc2ccccc12)Nc1cc(Cl)ccc1Cl. The molecule has 1 heterocycles. The lowest BCUT2D eigenvalue weighted by atomic mass is 10.0. The Labute approximate surface area is 198 Å². The Kier molecular flexibility index (Phi) is 6.61. The third-order valence-corrected chi connectivity index (χ3v) is 5.43. The van der Waals surface area contributed by atoms with Crippen LogP contribution in [-0.2, 0) is 9.53 Å². The smallest absolute Gasteiger partial charge is 0.339 e. The van der Waals surface area contributed by atoms with Gasteiger partial charge in [-0.1, -0.05) is 65.1 Å². The van der Waals surface area contributed by atoms with Gasteiger partial charge in [0, 0.05) is 21.0 Å². The summed E-state index contributed by atoms with van der Waals surface area (Å²) in [6, 6.07) is 20.7. The highest BCUT2D eigenvalue weighted by molar-refractivity contribution is 6.35. The summed E-state index contributed by atoms with van der Waals surface area (Å²) >= 11 is 18.0. The first kappa shape index (κ1) is 22.1. The molecule has 1 aromatic heterocycles. The Hall–Kier alpha value is -3.12. The molecule has 0 fully saturated rings. The van der Waals surface area contributed by atoms with Gasteiger partial charge in [0.15, 0.2) is 6.61 Å². The minimum Gasteiger partial charge on any atom is -0.452 e. The van der Waals surface area contributed by atoms with Crippen molar-refractivity contribution in [2.45, 2.75) is 0 Å². The monoisotopic (exact) mass is 484 g/mol. The predicted molar refractivity (Wildman–Crippen MR) is 128 cm³/mol. The number of carbonyl (C=O) groups is 2. The number of halogens is 3. The van der Waals surface area contributed by atoms with Crippen molar-refractivity contribution in [3.8, 4) is 11.3 Å². The Morgan fingerprint density at radius 2 is 1.59 bits per heavy atom. The fraction of sp³-hybridized carbons (Fsp3) is 0.0417. The van der Waals surface area contributed by atoms with Crippen molar-refractivity contribution in [3.63, 3.8) is 0 Å². The average Bonchev–Trinajstić information content (AvgIpc) is 2.79. The number of amides is 1. The molecule has 0 aliphatic carbocycles. The summed E-state index contributed by atoms with van der Waals surface area (Å²) in [7, 11) is 0. The molecule has 0 saturated heterocycles. The number of nitrogens with zero attached hydrogens (tertiary/aromatic N) is 1. The molecule has 5 nitrogen and oxygen atoms in total. The van der Waals surface area contributed by atoms with Crippen LogP contribution in [0.3, 0.4) is 0 Å². The lowest BCUT2D eigenvalue weighted by molar-refractivity contribution is -0.119. The van der Waals surface area contributed by atoms with E-state index in [4.69, 9.17) is 39.5 Å². The zero-order chi connectivity index (χ0) is 22.7. The van der Waals surface area contributed by atoms with Gasteiger partial charge in [-0.3, -0.25) is 4.79 Å². The highest BCUT2D eigenvalue weighted by Gasteiger charge is 2.17. The highest BCUT2D eigenvalue weighted by Crippen LogP contribution is 2.27. The van der Waals surface area contributed by atoms with Gasteiger partial charge >= 0.3 is 5.97 Å². The van der Waals surface area contributed by atoms with E-state index in [1.54, 1.807) is 48.5 Å². The number of benzene rings is 3. The Morgan fingerprint density at radius 3 is 2.38 bits per heavy atom. The molecular weight excluding hydrogens is 471 g/mol. The van der Waals surface area contributed by atoms with Gasteiger partial charge in [0.25, 0.3) is 5.91 Å². The van der Waals surface area contributed by atoms with Gasteiger partial charge in [-0.2, -0.15) is 0 Å². The largest absolute Gasteiger partial charge is 0.452 e. The van der Waals surface area contributed by atoms with Crippen molar-refractivity contribution in [3.05, 3.63) is 93.4 Å². The number of anilines is 1. The Bertz CT molecular complexity index is 1320. The summed E-state index contributed by atoms with van der Waals surface area (Å²) in [5.74, 6) is -1.19. The van der Waals surface area contributed by atoms with Crippen LogP contribution >= 0.6 is 34.8 Å². The number of nitrogens with one attached hydrogen (secondary N) is 1. The van der Waals surface area contributed by atoms with Crippen LogP contribution in [0.4, 0.5) is 5.69 Å². The Balaban J connectivity index is 1.56. The highest BCUT2D eigenvalue weighted by atomic mass is 35.5. The second-order valence-electron chi connectivity index (χ2n) is 6.83. The van der Waals surface area contributed by atoms with Crippen molar-refractivity contribution in [1.82, 2.24) is 4.98 Å². The minimum atomic E-state index is -0.647. The van der Waals surface area contributed by atoms with E-state index in [2.05, 4.69) is 10.3 Å². The number of fused-ring (bicyclic) bond motifs is 1. The topological polar surface area (TPSA) is 68.3 Å². The summed E-state index contributed by atoms with van der Waals surface area (Å²) in [5.41, 5.74) is 2.64. The summed E-state index contributed by atoms with van der Waals surface area (Å²) in [6.07, 6.45) is 0. The first-order chi connectivity index (χ1) is 15.4. The molecule has 0 radical (unpaired) electrons. The first-order valence-electron chi connectivity index (χ1n) is 9.48. The van der Waals surface area contributed by atoms with Crippen LogP contribution in [-0.4, -0.2) is 23.5 Å². The lowest BCUT2D eigenvalue weighted by Crippen LogP contribution is -2.21. The molecule has 0 bridgehead atoms. The van der Waals surface area contributed by atoms with Crippen molar-refractivity contribution < 1.29 is 14.3 Å². The van der Waals surface area contributed by atoms with Crippen LogP contribution in [0.5, 0.6) is 0 Å². The Morgan fingerprint density at radius 1 is 0.875 bits per heavy atom. The molecule has 0 atom stereocenters. The molecule has 1 N–H and O–H groups in total. The summed E-state index contributed by atoms with van der Waals surface area (Å²) < 4.78 is 5.27. The number of hydrogen-bond acceptors (Lipinski definition) is 4. The lowest BCUT2D eigenvalue weighted by Gasteiger charge is -2.11. The van der Waals surface area contributed by atoms with Crippen molar-refractivity contribution in [2.75, 3.05) is 11.9 Å². The number of esters is 1. The summed E-state index contributed by atoms with van der Waals surface area (Å²) in [5, 5.41) is 4.53. The maximum Gasteiger partial charge on any atom is 0.339 e. The van der Waals surface area contributed by atoms with Crippen LogP contribution in [0.2, 0.25) is 15.1 Å². The molecule has 4 aromatic rings. The zero-order valence-corrected chi connectivity index (χ0v) is 18.7. The molecular formula is C24H15Cl3N2O3. The normalized spacial score (nSPS) is 10.7. The number of aromatic nitrogens is 1. The molecule has 0 spiro atoms. The second kappa shape index (κ2) is 9.57. The van der Waals surface area contributed by atoms with Gasteiger partial charge < -0.3 is 10.1 Å². The van der Waals surface area contributed by atoms with E-state index in [0.29, 0.717) is 42.9 Å². The average molecular weight is 486 g/mol. The fourth-order valence-electron chi connectivity index (χ4n) is 3.10. The van der Waals surface area contributed by atoms with E-state index in [-0.39, 0.29) is 0 Å². The fourth-order valence-corrected chi connectivity index (χ4v) is 3.56. The molecule has 0 saturated carbocycles. The third kappa shape index (κ3) is 5.02. The maximum atomic E-state index is 12.9. The van der Waals surface area contributed by atoms with Crippen LogP contribution in [0, 0.1) is 0 Å². The number of ether oxygens (including phenoxy) is 1. The van der Waals surface area contributed by atoms with Gasteiger partial charge in [-0.05, 0) is 42.5 Å². The molecule has 1 amide bonds. The van der Waals surface area contributed by atoms with Gasteiger partial charge in [0.1, 0.15) is 0 Å². The van der Waals surface area contributed by atoms with E-state index >= 15 is 0 Å². The van der Waals surface area contributed by atoms with E-state index in [0.717, 1.165) is 5.56 Å².